The second-order valence-corrected chi connectivity index (χ2v) is 1.19. The second kappa shape index (κ2) is 8.30. The van der Waals surface area contributed by atoms with E-state index in [0.29, 0.717) is 0 Å². The molecule has 5 nitrogen and oxygen atoms in total. The van der Waals surface area contributed by atoms with E-state index < -0.39 is 12.3 Å². The normalized spacial score (nSPS) is 6.55. The molecule has 2 N–H and O–H groups in total. The van der Waals surface area contributed by atoms with Crippen molar-refractivity contribution in [3.8, 4) is 12.3 Å². The van der Waals surface area contributed by atoms with Crippen LogP contribution < -0.4 is 0 Å². The van der Waals surface area contributed by atoms with Crippen LogP contribution in [0.15, 0.2) is 0 Å². The van der Waals surface area contributed by atoms with Crippen LogP contribution in [0.25, 0.3) is 0 Å². The smallest absolute Gasteiger partial charge is 0.449 e. The lowest BCUT2D eigenvalue weighted by Crippen LogP contribution is -2.05. The number of ether oxygens (including phenoxy) is 1. The fraction of sp³-hybridized carbons (Fsp3) is 0.333. The predicted octanol–water partition coefficient (Wildman–Crippen LogP) is 1.39. The molecule has 0 radical (unpaired) electrons. The van der Waals surface area contributed by atoms with Crippen LogP contribution in [-0.2, 0) is 4.74 Å². The molecule has 0 aliphatic heterocycles. The van der Waals surface area contributed by atoms with Gasteiger partial charge in [-0.3, -0.25) is 0 Å². The van der Waals surface area contributed by atoms with Gasteiger partial charge in [0.25, 0.3) is 0 Å². The van der Waals surface area contributed by atoms with E-state index in [1.54, 1.807) is 0 Å². The molecule has 0 aromatic carbocycles. The van der Waals surface area contributed by atoms with Crippen LogP contribution in [0.3, 0.4) is 0 Å². The van der Waals surface area contributed by atoms with Gasteiger partial charge in [-0.2, -0.15) is 0 Å². The van der Waals surface area contributed by atoms with E-state index in [2.05, 4.69) is 10.7 Å². The summed E-state index contributed by atoms with van der Waals surface area (Å²) in [5.74, 6) is 2.43. The molecule has 0 saturated heterocycles. The Kier molecular flexibility index (Phi) is 9.07. The number of hydrogen-bond donors (Lipinski definition) is 2. The molecule has 0 heterocycles. The van der Waals surface area contributed by atoms with Crippen molar-refractivity contribution in [3.63, 3.8) is 0 Å². The Morgan fingerprint density at radius 2 is 1.73 bits per heavy atom. The number of terminal acetylenes is 1. The molecule has 0 fully saturated rings. The van der Waals surface area contributed by atoms with Crippen molar-refractivity contribution in [1.82, 2.24) is 0 Å². The first kappa shape index (κ1) is 12.0. The fourth-order valence-electron chi connectivity index (χ4n) is 0.0747. The van der Waals surface area contributed by atoms with E-state index in [9.17, 15) is 9.59 Å². The maximum atomic E-state index is 9.21. The van der Waals surface area contributed by atoms with Crippen LogP contribution in [-0.4, -0.2) is 22.5 Å². The van der Waals surface area contributed by atoms with Gasteiger partial charge < -0.3 is 14.9 Å². The molecule has 0 aromatic heterocycles. The van der Waals surface area contributed by atoms with E-state index in [-0.39, 0.29) is 0 Å². The summed E-state index contributed by atoms with van der Waals surface area (Å²) >= 11 is 0. The second-order valence-electron chi connectivity index (χ2n) is 1.19. The van der Waals surface area contributed by atoms with E-state index in [4.69, 9.17) is 16.6 Å². The van der Waals surface area contributed by atoms with Gasteiger partial charge in [-0.1, -0.05) is 6.92 Å². The lowest BCUT2D eigenvalue weighted by molar-refractivity contribution is 0.0802. The average Bonchev–Trinajstić information content (AvgIpc) is 1.85. The Balaban J connectivity index is 0. The van der Waals surface area contributed by atoms with Gasteiger partial charge in [-0.25, -0.2) is 9.59 Å². The Morgan fingerprint density at radius 3 is 1.73 bits per heavy atom. The first-order chi connectivity index (χ1) is 5.04. The zero-order valence-electron chi connectivity index (χ0n) is 5.90. The summed E-state index contributed by atoms with van der Waals surface area (Å²) in [6.45, 7) is 1.94. The summed E-state index contributed by atoms with van der Waals surface area (Å²) in [5.41, 5.74) is 0. The van der Waals surface area contributed by atoms with Crippen LogP contribution in [0.2, 0.25) is 0 Å². The molecule has 62 valence electrons. The van der Waals surface area contributed by atoms with Crippen molar-refractivity contribution in [2.75, 3.05) is 0 Å². The van der Waals surface area contributed by atoms with E-state index in [1.807, 2.05) is 6.92 Å². The third-order valence-corrected chi connectivity index (χ3v) is 0.379. The molecule has 0 aliphatic rings. The summed E-state index contributed by atoms with van der Waals surface area (Å²) < 4.78 is 3.08. The zero-order chi connectivity index (χ0) is 9.28. The first-order valence-electron chi connectivity index (χ1n) is 2.61. The molecular weight excluding hydrogens is 152 g/mol. The molecule has 11 heavy (non-hydrogen) atoms. The monoisotopic (exact) mass is 160 g/mol. The Bertz CT molecular complexity index is 154. The molecule has 0 rings (SSSR count). The molecule has 0 bridgehead atoms. The van der Waals surface area contributed by atoms with Gasteiger partial charge in [0.05, 0.1) is 0 Å². The Labute approximate surface area is 63.6 Å². The van der Waals surface area contributed by atoms with Crippen molar-refractivity contribution in [2.24, 2.45) is 0 Å². The van der Waals surface area contributed by atoms with Crippen LogP contribution in [0.5, 0.6) is 0 Å². The quantitative estimate of drug-likeness (QED) is 0.317. The SMILES string of the molecule is C#CCC.O=C(O)OC(=O)O. The maximum Gasteiger partial charge on any atom is 0.516 e. The van der Waals surface area contributed by atoms with Crippen molar-refractivity contribution in [3.05, 3.63) is 0 Å². The van der Waals surface area contributed by atoms with Crippen LogP contribution >= 0.6 is 0 Å². The highest BCUT2D eigenvalue weighted by atomic mass is 16.7. The maximum absolute atomic E-state index is 9.21. The van der Waals surface area contributed by atoms with E-state index in [1.165, 1.54) is 0 Å². The predicted molar refractivity (Wildman–Crippen MR) is 36.3 cm³/mol. The molecule has 0 saturated carbocycles. The highest BCUT2D eigenvalue weighted by Gasteiger charge is 2.01. The Morgan fingerprint density at radius 1 is 1.45 bits per heavy atom. The lowest BCUT2D eigenvalue weighted by atomic mass is 10.5. The zero-order valence-corrected chi connectivity index (χ0v) is 5.90. The van der Waals surface area contributed by atoms with E-state index >= 15 is 0 Å². The lowest BCUT2D eigenvalue weighted by Gasteiger charge is -1.84. The van der Waals surface area contributed by atoms with E-state index in [0.717, 1.165) is 6.42 Å². The van der Waals surface area contributed by atoms with Crippen molar-refractivity contribution in [2.45, 2.75) is 13.3 Å². The topological polar surface area (TPSA) is 83.8 Å². The number of carbonyl (C=O) groups is 2. The van der Waals surface area contributed by atoms with Gasteiger partial charge >= 0.3 is 12.3 Å². The minimum Gasteiger partial charge on any atom is -0.449 e. The van der Waals surface area contributed by atoms with Crippen LogP contribution in [0, 0.1) is 12.3 Å². The van der Waals surface area contributed by atoms with Gasteiger partial charge in [0.1, 0.15) is 0 Å². The van der Waals surface area contributed by atoms with Crippen LogP contribution in [0.4, 0.5) is 9.59 Å². The molecular formula is C6H8O5. The molecule has 0 aromatic rings. The van der Waals surface area contributed by atoms with Gasteiger partial charge in [0.2, 0.25) is 0 Å². The number of carboxylic acid groups (broad SMARTS) is 2. The number of hydrogen-bond acceptors (Lipinski definition) is 3. The van der Waals surface area contributed by atoms with Crippen molar-refractivity contribution < 1.29 is 24.5 Å². The average molecular weight is 160 g/mol. The first-order valence-corrected chi connectivity index (χ1v) is 2.61. The summed E-state index contributed by atoms with van der Waals surface area (Å²) in [5, 5.41) is 15.0. The minimum absolute atomic E-state index is 0.847. The largest absolute Gasteiger partial charge is 0.516 e. The summed E-state index contributed by atoms with van der Waals surface area (Å²) in [4.78, 5) is 18.4. The summed E-state index contributed by atoms with van der Waals surface area (Å²) in [6.07, 6.45) is 2.00. The fourth-order valence-corrected chi connectivity index (χ4v) is 0.0747. The summed E-state index contributed by atoms with van der Waals surface area (Å²) in [6, 6.07) is 0. The summed E-state index contributed by atoms with van der Waals surface area (Å²) in [7, 11) is 0. The highest BCUT2D eigenvalue weighted by Crippen LogP contribution is 1.73. The standard InChI is InChI=1S/C4H6.C2H2O5/c1-3-4-2;3-1(4)7-2(5)6/h1H,4H2,2H3;(H,3,4)(H,5,6). The van der Waals surface area contributed by atoms with Gasteiger partial charge in [0, 0.05) is 6.42 Å². The highest BCUT2D eigenvalue weighted by molar-refractivity contribution is 5.74. The molecule has 0 spiro atoms. The third kappa shape index (κ3) is 30.3. The third-order valence-electron chi connectivity index (χ3n) is 0.379. The van der Waals surface area contributed by atoms with Gasteiger partial charge in [0.15, 0.2) is 0 Å². The van der Waals surface area contributed by atoms with Crippen molar-refractivity contribution in [1.29, 1.82) is 0 Å². The van der Waals surface area contributed by atoms with Crippen LogP contribution in [0.1, 0.15) is 13.3 Å². The minimum atomic E-state index is -1.81. The molecule has 5 heteroatoms. The van der Waals surface area contributed by atoms with Gasteiger partial charge in [-0.05, 0) is 0 Å². The van der Waals surface area contributed by atoms with Gasteiger partial charge in [-0.15, -0.1) is 12.3 Å². The molecule has 0 amide bonds. The number of rotatable bonds is 0. The molecule has 0 unspecified atom stereocenters. The molecule has 0 atom stereocenters. The van der Waals surface area contributed by atoms with Crippen molar-refractivity contribution >= 4 is 12.3 Å². The Hall–Kier alpha value is -1.70. The molecule has 0 aliphatic carbocycles.